The van der Waals surface area contributed by atoms with Crippen molar-refractivity contribution < 1.29 is 8.42 Å². The zero-order chi connectivity index (χ0) is 23.9. The first-order valence-corrected chi connectivity index (χ1v) is 13.6. The number of primary sulfonamides is 1. The van der Waals surface area contributed by atoms with Crippen LogP contribution in [0.3, 0.4) is 0 Å². The molecule has 3 fully saturated rings. The highest BCUT2D eigenvalue weighted by molar-refractivity contribution is 7.89. The summed E-state index contributed by atoms with van der Waals surface area (Å²) in [5, 5.41) is 19.7. The molecule has 5 rings (SSSR count). The highest BCUT2D eigenvalue weighted by Crippen LogP contribution is 2.55. The fourth-order valence-electron chi connectivity index (χ4n) is 6.32. The zero-order valence-corrected chi connectivity index (χ0v) is 20.1. The maximum absolute atomic E-state index is 12.2. The second-order valence-electron chi connectivity index (χ2n) is 10.1. The van der Waals surface area contributed by atoms with E-state index in [4.69, 9.17) is 16.4 Å². The summed E-state index contributed by atoms with van der Waals surface area (Å²) in [6, 6.07) is 5.45. The molecule has 4 atom stereocenters. The van der Waals surface area contributed by atoms with E-state index in [-0.39, 0.29) is 16.3 Å². The van der Waals surface area contributed by atoms with E-state index in [1.807, 2.05) is 12.1 Å². The molecule has 10 heteroatoms. The number of benzene rings is 1. The van der Waals surface area contributed by atoms with Gasteiger partial charge in [-0.15, -0.1) is 5.10 Å². The molecule has 9 nitrogen and oxygen atoms in total. The molecule has 34 heavy (non-hydrogen) atoms. The Bertz CT molecular complexity index is 1180. The number of allylic oxidation sites excluding steroid dienone is 3. The first-order chi connectivity index (χ1) is 16.3. The van der Waals surface area contributed by atoms with E-state index < -0.39 is 10.0 Å². The zero-order valence-electron chi connectivity index (χ0n) is 19.3. The Labute approximate surface area is 200 Å². The average molecular weight is 484 g/mol. The molecule has 0 aromatic heterocycles. The number of rotatable bonds is 7. The highest BCUT2D eigenvalue weighted by Gasteiger charge is 2.61. The molecule has 7 N–H and O–H groups in total. The first-order valence-electron chi connectivity index (χ1n) is 12.1. The fourth-order valence-corrected chi connectivity index (χ4v) is 7.08. The van der Waals surface area contributed by atoms with Crippen LogP contribution in [-0.2, 0) is 10.0 Å². The van der Waals surface area contributed by atoms with Gasteiger partial charge in [0.05, 0.1) is 4.90 Å². The monoisotopic (exact) mass is 483 g/mol. The Morgan fingerprint density at radius 1 is 1.26 bits per heavy atom. The van der Waals surface area contributed by atoms with E-state index >= 15 is 0 Å². The molecule has 2 unspecified atom stereocenters. The van der Waals surface area contributed by atoms with E-state index in [1.54, 1.807) is 6.07 Å². The number of hydrogen-bond donors (Lipinski definition) is 5. The molecular formula is C24H33N7O2S. The van der Waals surface area contributed by atoms with Gasteiger partial charge >= 0.3 is 0 Å². The van der Waals surface area contributed by atoms with Crippen molar-refractivity contribution in [1.82, 2.24) is 10.6 Å². The topological polar surface area (TPSA) is 159 Å². The first kappa shape index (κ1) is 23.3. The maximum atomic E-state index is 12.2. The third kappa shape index (κ3) is 4.35. The van der Waals surface area contributed by atoms with Crippen molar-refractivity contribution in [2.24, 2.45) is 33.0 Å². The molecule has 1 aromatic carbocycles. The molecule has 3 aliphatic carbocycles. The molecule has 2 bridgehead atoms. The second-order valence-corrected chi connectivity index (χ2v) is 11.6. The summed E-state index contributed by atoms with van der Waals surface area (Å²) in [7, 11) is -4.02. The lowest BCUT2D eigenvalue weighted by Gasteiger charge is -2.40. The molecule has 1 aromatic rings. The number of nitrogens with one attached hydrogen (secondary N) is 3. The quantitative estimate of drug-likeness (QED) is 0.174. The number of sulfonamides is 1. The lowest BCUT2D eigenvalue weighted by atomic mass is 9.81. The molecular weight excluding hydrogens is 450 g/mol. The van der Waals surface area contributed by atoms with Crippen LogP contribution in [0, 0.1) is 17.4 Å². The van der Waals surface area contributed by atoms with Crippen LogP contribution < -0.4 is 21.5 Å². The molecule has 4 aliphatic rings. The summed E-state index contributed by atoms with van der Waals surface area (Å²) in [4.78, 5) is -0.112. The molecule has 0 amide bonds. The molecule has 182 valence electrons. The number of fused-ring (bicyclic) bond motifs is 1. The van der Waals surface area contributed by atoms with Crippen molar-refractivity contribution in [2.45, 2.75) is 61.4 Å². The van der Waals surface area contributed by atoms with Gasteiger partial charge in [-0.2, -0.15) is 5.53 Å². The van der Waals surface area contributed by atoms with Gasteiger partial charge in [-0.25, -0.2) is 13.6 Å². The number of nitrogens with two attached hydrogens (primary N) is 2. The minimum Gasteiger partial charge on any atom is -0.382 e. The number of hydrogen-bond acceptors (Lipinski definition) is 6. The summed E-state index contributed by atoms with van der Waals surface area (Å²) in [6.45, 7) is 2.01. The molecule has 0 spiro atoms. The smallest absolute Gasteiger partial charge is 0.238 e. The predicted octanol–water partition coefficient (Wildman–Crippen LogP) is 2.60. The number of amidine groups is 1. The normalized spacial score (nSPS) is 31.1. The number of piperidine rings is 1. The van der Waals surface area contributed by atoms with Crippen LogP contribution in [0.25, 0.3) is 5.57 Å². The van der Waals surface area contributed by atoms with Crippen LogP contribution in [0.5, 0.6) is 0 Å². The van der Waals surface area contributed by atoms with Gasteiger partial charge in [-0.3, -0.25) is 0 Å². The molecule has 1 saturated heterocycles. The van der Waals surface area contributed by atoms with E-state index in [9.17, 15) is 8.42 Å². The van der Waals surface area contributed by atoms with Crippen LogP contribution in [0.15, 0.2) is 51.1 Å². The Kier molecular flexibility index (Phi) is 6.18. The lowest BCUT2D eigenvalue weighted by molar-refractivity contribution is 0.186. The van der Waals surface area contributed by atoms with Crippen LogP contribution in [0.1, 0.15) is 56.1 Å². The molecule has 1 aliphatic heterocycles. The average Bonchev–Trinajstić information content (AvgIpc) is 3.53. The summed E-state index contributed by atoms with van der Waals surface area (Å²) in [5.41, 5.74) is 16.6. The molecule has 2 saturated carbocycles. The van der Waals surface area contributed by atoms with Crippen LogP contribution >= 0.6 is 0 Å². The highest BCUT2D eigenvalue weighted by atomic mass is 32.2. The third-order valence-corrected chi connectivity index (χ3v) is 9.09. The van der Waals surface area contributed by atoms with Crippen LogP contribution in [0.4, 0.5) is 0 Å². The van der Waals surface area contributed by atoms with E-state index in [2.05, 4.69) is 27.0 Å². The summed E-state index contributed by atoms with van der Waals surface area (Å²) < 4.78 is 24.3. The van der Waals surface area contributed by atoms with Crippen molar-refractivity contribution >= 4 is 21.4 Å². The Balaban J connectivity index is 1.35. The van der Waals surface area contributed by atoms with Gasteiger partial charge in [-0.1, -0.05) is 47.9 Å². The molecule has 0 radical (unpaired) electrons. The largest absolute Gasteiger partial charge is 0.382 e. The van der Waals surface area contributed by atoms with Gasteiger partial charge in [0.15, 0.2) is 5.84 Å². The van der Waals surface area contributed by atoms with Gasteiger partial charge in [0.1, 0.15) is 0 Å². The predicted molar refractivity (Wildman–Crippen MR) is 132 cm³/mol. The SMILES string of the molecule is N=NN=C(N)c1c(C2=CC=C(CNC3[C@H]4CCCCC5(C[C@@H]35)NC4)CC2)cccc1S(N)(=O)=O. The van der Waals surface area contributed by atoms with Crippen molar-refractivity contribution in [3.05, 3.63) is 47.1 Å². The van der Waals surface area contributed by atoms with Crippen LogP contribution in [0.2, 0.25) is 0 Å². The van der Waals surface area contributed by atoms with Crippen LogP contribution in [-0.4, -0.2) is 38.9 Å². The fraction of sp³-hybridized carbons (Fsp3) is 0.542. The van der Waals surface area contributed by atoms with Gasteiger partial charge in [0.25, 0.3) is 0 Å². The lowest BCUT2D eigenvalue weighted by Crippen LogP contribution is -2.54. The van der Waals surface area contributed by atoms with Gasteiger partial charge < -0.3 is 16.4 Å². The maximum Gasteiger partial charge on any atom is 0.238 e. The third-order valence-electron chi connectivity index (χ3n) is 8.13. The van der Waals surface area contributed by atoms with Gasteiger partial charge in [0, 0.05) is 23.7 Å². The van der Waals surface area contributed by atoms with Gasteiger partial charge in [-0.05, 0) is 67.7 Å². The van der Waals surface area contributed by atoms with E-state index in [0.29, 0.717) is 23.1 Å². The summed E-state index contributed by atoms with van der Waals surface area (Å²) in [6.07, 6.45) is 12.4. The van der Waals surface area contributed by atoms with E-state index in [1.165, 1.54) is 43.7 Å². The van der Waals surface area contributed by atoms with Gasteiger partial charge in [0.2, 0.25) is 10.0 Å². The molecule has 1 heterocycles. The van der Waals surface area contributed by atoms with Crippen molar-refractivity contribution in [1.29, 1.82) is 5.53 Å². The van der Waals surface area contributed by atoms with E-state index in [0.717, 1.165) is 37.4 Å². The Hall–Kier alpha value is -2.40. The second kappa shape index (κ2) is 8.99. The minimum absolute atomic E-state index is 0.112. The Morgan fingerprint density at radius 2 is 2.12 bits per heavy atom. The standard InChI is InChI=1S/C24H33N7O2S/c25-23(30-31-26)21-18(5-3-6-20(21)34(27,32)33)16-9-7-15(8-10-16)13-28-22-17-4-1-2-11-24(29-14-17)12-19(22)24/h3,5-7,9,17,19,22,28-29H,1-2,4,8,10-14H2,(H3,25,26,30)(H2,27,32,33)/t17-,19-,22?,24?/m0/s1. The Morgan fingerprint density at radius 3 is 2.85 bits per heavy atom. The summed E-state index contributed by atoms with van der Waals surface area (Å²) >= 11 is 0. The minimum atomic E-state index is -4.02. The van der Waals surface area contributed by atoms with Crippen molar-refractivity contribution in [2.75, 3.05) is 13.1 Å². The van der Waals surface area contributed by atoms with Crippen molar-refractivity contribution in [3.8, 4) is 0 Å². The number of nitrogens with zero attached hydrogens (tertiary/aromatic N) is 2. The van der Waals surface area contributed by atoms with Crippen molar-refractivity contribution in [3.63, 3.8) is 0 Å². The summed E-state index contributed by atoms with van der Waals surface area (Å²) in [5.74, 6) is 1.33.